The molecule has 0 aliphatic carbocycles. The van der Waals surface area contributed by atoms with Crippen molar-refractivity contribution in [2.75, 3.05) is 26.7 Å². The first-order valence-corrected chi connectivity index (χ1v) is 6.43. The van der Waals surface area contributed by atoms with Crippen molar-refractivity contribution < 1.29 is 14.5 Å². The van der Waals surface area contributed by atoms with Gasteiger partial charge in [0.2, 0.25) is 0 Å². The fourth-order valence-corrected chi connectivity index (χ4v) is 2.20. The lowest BCUT2D eigenvalue weighted by Gasteiger charge is -2.10. The van der Waals surface area contributed by atoms with Crippen LogP contribution < -0.4 is 15.4 Å². The second kappa shape index (κ2) is 6.33. The molecule has 0 spiro atoms. The number of hydrogen-bond donors (Lipinski definition) is 2. The molecule has 1 aliphatic rings. The number of methoxy groups -OCH3 is 1. The minimum Gasteiger partial charge on any atom is -0.490 e. The summed E-state index contributed by atoms with van der Waals surface area (Å²) in [5, 5.41) is 16.9. The number of hydrogen-bond acceptors (Lipinski definition) is 5. The molecule has 1 aromatic carbocycles. The van der Waals surface area contributed by atoms with E-state index >= 15 is 0 Å². The summed E-state index contributed by atoms with van der Waals surface area (Å²) >= 11 is 0. The summed E-state index contributed by atoms with van der Waals surface area (Å²) in [5.41, 5.74) is 0.0612. The van der Waals surface area contributed by atoms with Crippen molar-refractivity contribution in [1.82, 2.24) is 10.6 Å². The molecule has 2 N–H and O–H groups in total. The van der Waals surface area contributed by atoms with Gasteiger partial charge in [-0.15, -0.1) is 0 Å². The number of carbonyl (C=O) groups is 1. The maximum Gasteiger partial charge on any atom is 0.311 e. The number of benzene rings is 1. The van der Waals surface area contributed by atoms with E-state index in [1.54, 1.807) is 0 Å². The van der Waals surface area contributed by atoms with E-state index in [-0.39, 0.29) is 22.9 Å². The van der Waals surface area contributed by atoms with Crippen LogP contribution in [0.5, 0.6) is 5.75 Å². The zero-order chi connectivity index (χ0) is 14.5. The van der Waals surface area contributed by atoms with E-state index in [2.05, 4.69) is 10.6 Å². The van der Waals surface area contributed by atoms with E-state index in [0.29, 0.717) is 12.5 Å². The molecule has 1 amide bonds. The molecular formula is C13H17N3O4. The predicted molar refractivity (Wildman–Crippen MR) is 73.0 cm³/mol. The lowest BCUT2D eigenvalue weighted by Crippen LogP contribution is -2.30. The van der Waals surface area contributed by atoms with Gasteiger partial charge in [0.15, 0.2) is 5.75 Å². The van der Waals surface area contributed by atoms with Crippen LogP contribution >= 0.6 is 0 Å². The highest BCUT2D eigenvalue weighted by Gasteiger charge is 2.19. The molecule has 1 unspecified atom stereocenters. The SMILES string of the molecule is COc1ccc(C(=O)NCC2CCNC2)cc1[N+](=O)[O-]. The van der Waals surface area contributed by atoms with Crippen LogP contribution in [-0.2, 0) is 0 Å². The number of ether oxygens (including phenoxy) is 1. The van der Waals surface area contributed by atoms with Crippen molar-refractivity contribution >= 4 is 11.6 Å². The van der Waals surface area contributed by atoms with Gasteiger partial charge in [-0.25, -0.2) is 0 Å². The fraction of sp³-hybridized carbons (Fsp3) is 0.462. The molecule has 1 atom stereocenters. The average molecular weight is 279 g/mol. The highest BCUT2D eigenvalue weighted by Crippen LogP contribution is 2.27. The Balaban J connectivity index is 2.05. The lowest BCUT2D eigenvalue weighted by atomic mass is 10.1. The Kier molecular flexibility index (Phi) is 4.52. The van der Waals surface area contributed by atoms with Gasteiger partial charge in [-0.2, -0.15) is 0 Å². The molecule has 0 aromatic heterocycles. The topological polar surface area (TPSA) is 93.5 Å². The fourth-order valence-electron chi connectivity index (χ4n) is 2.20. The van der Waals surface area contributed by atoms with Crippen molar-refractivity contribution in [3.63, 3.8) is 0 Å². The summed E-state index contributed by atoms with van der Waals surface area (Å²) in [6.07, 6.45) is 1.03. The summed E-state index contributed by atoms with van der Waals surface area (Å²) in [7, 11) is 1.36. The van der Waals surface area contributed by atoms with Gasteiger partial charge in [-0.3, -0.25) is 14.9 Å². The Morgan fingerprint density at radius 1 is 1.60 bits per heavy atom. The molecule has 108 valence electrons. The summed E-state index contributed by atoms with van der Waals surface area (Å²) in [6.45, 7) is 2.43. The molecule has 1 fully saturated rings. The highest BCUT2D eigenvalue weighted by molar-refractivity contribution is 5.95. The number of nitrogens with one attached hydrogen (secondary N) is 2. The van der Waals surface area contributed by atoms with Gasteiger partial charge in [-0.1, -0.05) is 0 Å². The molecular weight excluding hydrogens is 262 g/mol. The maximum atomic E-state index is 12.0. The molecule has 1 aromatic rings. The largest absolute Gasteiger partial charge is 0.490 e. The van der Waals surface area contributed by atoms with Crippen LogP contribution in [0.15, 0.2) is 18.2 Å². The number of nitrogens with zero attached hydrogens (tertiary/aromatic N) is 1. The zero-order valence-corrected chi connectivity index (χ0v) is 11.2. The number of carbonyl (C=O) groups excluding carboxylic acids is 1. The van der Waals surface area contributed by atoms with Gasteiger partial charge in [0, 0.05) is 18.2 Å². The monoisotopic (exact) mass is 279 g/mol. The number of rotatable bonds is 5. The molecule has 1 saturated heterocycles. The number of nitro groups is 1. The summed E-state index contributed by atoms with van der Waals surface area (Å²) in [4.78, 5) is 22.3. The van der Waals surface area contributed by atoms with Crippen LogP contribution in [0.3, 0.4) is 0 Å². The van der Waals surface area contributed by atoms with E-state index in [0.717, 1.165) is 19.5 Å². The van der Waals surface area contributed by atoms with Crippen molar-refractivity contribution in [3.8, 4) is 5.75 Å². The minimum absolute atomic E-state index is 0.145. The molecule has 0 bridgehead atoms. The quantitative estimate of drug-likeness (QED) is 0.618. The molecule has 1 aliphatic heterocycles. The van der Waals surface area contributed by atoms with Crippen molar-refractivity contribution in [1.29, 1.82) is 0 Å². The molecule has 0 radical (unpaired) electrons. The van der Waals surface area contributed by atoms with Crippen LogP contribution in [0.25, 0.3) is 0 Å². The zero-order valence-electron chi connectivity index (χ0n) is 11.2. The number of amides is 1. The van der Waals surface area contributed by atoms with Crippen LogP contribution in [0.2, 0.25) is 0 Å². The predicted octanol–water partition coefficient (Wildman–Crippen LogP) is 0.943. The van der Waals surface area contributed by atoms with Gasteiger partial charge in [0.05, 0.1) is 12.0 Å². The molecule has 20 heavy (non-hydrogen) atoms. The molecule has 0 saturated carbocycles. The van der Waals surface area contributed by atoms with Gasteiger partial charge >= 0.3 is 5.69 Å². The van der Waals surface area contributed by atoms with Crippen LogP contribution in [-0.4, -0.2) is 37.6 Å². The standard InChI is InChI=1S/C13H17N3O4/c1-20-12-3-2-10(6-11(12)16(18)19)13(17)15-8-9-4-5-14-7-9/h2-3,6,9,14H,4-5,7-8H2,1H3,(H,15,17). The Morgan fingerprint density at radius 2 is 2.40 bits per heavy atom. The Hall–Kier alpha value is -2.15. The average Bonchev–Trinajstić information content (AvgIpc) is 2.97. The summed E-state index contributed by atoms with van der Waals surface area (Å²) in [6, 6.07) is 4.19. The van der Waals surface area contributed by atoms with E-state index < -0.39 is 4.92 Å². The molecule has 1 heterocycles. The van der Waals surface area contributed by atoms with E-state index in [9.17, 15) is 14.9 Å². The van der Waals surface area contributed by atoms with Gasteiger partial charge in [0.1, 0.15) is 0 Å². The third-order valence-electron chi connectivity index (χ3n) is 3.35. The first-order chi connectivity index (χ1) is 9.61. The lowest BCUT2D eigenvalue weighted by molar-refractivity contribution is -0.385. The van der Waals surface area contributed by atoms with Crippen LogP contribution in [0, 0.1) is 16.0 Å². The number of nitro benzene ring substituents is 1. The minimum atomic E-state index is -0.559. The van der Waals surface area contributed by atoms with Gasteiger partial charge in [0.25, 0.3) is 5.91 Å². The maximum absolute atomic E-state index is 12.0. The normalized spacial score (nSPS) is 17.8. The Bertz CT molecular complexity index is 512. The smallest absolute Gasteiger partial charge is 0.311 e. The third kappa shape index (κ3) is 3.24. The first-order valence-electron chi connectivity index (χ1n) is 6.43. The first kappa shape index (κ1) is 14.3. The Morgan fingerprint density at radius 3 is 3.00 bits per heavy atom. The molecule has 7 heteroatoms. The third-order valence-corrected chi connectivity index (χ3v) is 3.35. The molecule has 2 rings (SSSR count). The van der Waals surface area contributed by atoms with Crippen molar-refractivity contribution in [3.05, 3.63) is 33.9 Å². The van der Waals surface area contributed by atoms with Crippen LogP contribution in [0.4, 0.5) is 5.69 Å². The van der Waals surface area contributed by atoms with Crippen LogP contribution in [0.1, 0.15) is 16.8 Å². The second-order valence-electron chi connectivity index (χ2n) is 4.71. The molecule has 7 nitrogen and oxygen atoms in total. The van der Waals surface area contributed by atoms with Gasteiger partial charge in [-0.05, 0) is 37.6 Å². The van der Waals surface area contributed by atoms with Crippen molar-refractivity contribution in [2.24, 2.45) is 5.92 Å². The van der Waals surface area contributed by atoms with E-state index in [4.69, 9.17) is 4.74 Å². The van der Waals surface area contributed by atoms with E-state index in [1.165, 1.54) is 25.3 Å². The Labute approximate surface area is 116 Å². The summed E-state index contributed by atoms with van der Waals surface area (Å²) < 4.78 is 4.90. The summed E-state index contributed by atoms with van der Waals surface area (Å²) in [5.74, 6) is 0.265. The highest BCUT2D eigenvalue weighted by atomic mass is 16.6. The van der Waals surface area contributed by atoms with Crippen molar-refractivity contribution in [2.45, 2.75) is 6.42 Å². The van der Waals surface area contributed by atoms with Gasteiger partial charge < -0.3 is 15.4 Å². The van der Waals surface area contributed by atoms with E-state index in [1.807, 2.05) is 0 Å². The second-order valence-corrected chi connectivity index (χ2v) is 4.71.